The summed E-state index contributed by atoms with van der Waals surface area (Å²) >= 11 is 0. The molecule has 2 aromatic heterocycles. The van der Waals surface area contributed by atoms with Crippen LogP contribution in [0.4, 0.5) is 0 Å². The number of ether oxygens (including phenoxy) is 2. The third-order valence-electron chi connectivity index (χ3n) is 4.00. The molecule has 1 N–H and O–H groups in total. The van der Waals surface area contributed by atoms with Crippen molar-refractivity contribution in [2.75, 3.05) is 14.2 Å². The Morgan fingerprint density at radius 1 is 1.15 bits per heavy atom. The number of amides is 1. The Morgan fingerprint density at radius 3 is 2.48 bits per heavy atom. The summed E-state index contributed by atoms with van der Waals surface area (Å²) in [4.78, 5) is 25.0. The number of benzene rings is 1. The predicted octanol–water partition coefficient (Wildman–Crippen LogP) is 1.78. The highest BCUT2D eigenvalue weighted by Gasteiger charge is 2.15. The molecule has 0 saturated heterocycles. The molecule has 1 amide bonds. The van der Waals surface area contributed by atoms with E-state index in [9.17, 15) is 4.79 Å². The molecule has 0 aliphatic carbocycles. The molecule has 0 aliphatic rings. The van der Waals surface area contributed by atoms with Crippen LogP contribution in [-0.2, 0) is 7.05 Å². The van der Waals surface area contributed by atoms with Crippen molar-refractivity contribution >= 4 is 5.91 Å². The number of hydrogen-bond donors (Lipinski definition) is 1. The van der Waals surface area contributed by atoms with E-state index >= 15 is 0 Å². The fourth-order valence-corrected chi connectivity index (χ4v) is 2.58. The zero-order valence-corrected chi connectivity index (χ0v) is 15.5. The summed E-state index contributed by atoms with van der Waals surface area (Å²) < 4.78 is 11.9. The number of carbonyl (C=O) groups is 1. The first kappa shape index (κ1) is 18.3. The number of carbonyl (C=O) groups excluding carboxylic acids is 1. The molecule has 9 heteroatoms. The van der Waals surface area contributed by atoms with Crippen molar-refractivity contribution in [3.8, 4) is 23.1 Å². The Balaban J connectivity index is 1.77. The van der Waals surface area contributed by atoms with Crippen LogP contribution in [0.5, 0.6) is 11.9 Å². The Morgan fingerprint density at radius 2 is 1.89 bits per heavy atom. The normalized spacial score (nSPS) is 11.7. The molecule has 140 valence electrons. The van der Waals surface area contributed by atoms with Crippen LogP contribution in [0.3, 0.4) is 0 Å². The lowest BCUT2D eigenvalue weighted by Crippen LogP contribution is -2.28. The van der Waals surface area contributed by atoms with E-state index in [0.29, 0.717) is 23.0 Å². The molecule has 9 nitrogen and oxygen atoms in total. The first-order chi connectivity index (χ1) is 13.0. The predicted molar refractivity (Wildman–Crippen MR) is 97.5 cm³/mol. The summed E-state index contributed by atoms with van der Waals surface area (Å²) in [5.74, 6) is 0.881. The van der Waals surface area contributed by atoms with E-state index in [1.807, 2.05) is 19.1 Å². The first-order valence-corrected chi connectivity index (χ1v) is 8.24. The highest BCUT2D eigenvalue weighted by atomic mass is 16.5. The van der Waals surface area contributed by atoms with Gasteiger partial charge in [0.1, 0.15) is 12.2 Å². The Hall–Kier alpha value is -3.49. The van der Waals surface area contributed by atoms with Gasteiger partial charge in [-0.3, -0.25) is 9.48 Å². The van der Waals surface area contributed by atoms with Crippen molar-refractivity contribution in [3.63, 3.8) is 0 Å². The lowest BCUT2D eigenvalue weighted by molar-refractivity contribution is 0.0937. The van der Waals surface area contributed by atoms with Gasteiger partial charge in [-0.15, -0.1) is 0 Å². The van der Waals surface area contributed by atoms with Crippen LogP contribution in [0.2, 0.25) is 0 Å². The number of hydrogen-bond acceptors (Lipinski definition) is 7. The van der Waals surface area contributed by atoms with Crippen molar-refractivity contribution in [1.82, 2.24) is 30.0 Å². The fourth-order valence-electron chi connectivity index (χ4n) is 2.58. The van der Waals surface area contributed by atoms with Crippen LogP contribution >= 0.6 is 0 Å². The summed E-state index contributed by atoms with van der Waals surface area (Å²) in [5.41, 5.74) is 1.98. The van der Waals surface area contributed by atoms with Gasteiger partial charge in [0.05, 0.1) is 26.0 Å². The molecule has 1 atom stereocenters. The zero-order valence-electron chi connectivity index (χ0n) is 15.5. The Labute approximate surface area is 156 Å². The van der Waals surface area contributed by atoms with Gasteiger partial charge >= 0.3 is 6.01 Å². The second-order valence-corrected chi connectivity index (χ2v) is 5.80. The minimum Gasteiger partial charge on any atom is -0.481 e. The van der Waals surface area contributed by atoms with Gasteiger partial charge < -0.3 is 14.8 Å². The molecule has 27 heavy (non-hydrogen) atoms. The minimum absolute atomic E-state index is 0.199. The molecule has 0 saturated carbocycles. The maximum Gasteiger partial charge on any atom is 0.320 e. The van der Waals surface area contributed by atoms with E-state index in [0.717, 1.165) is 5.56 Å². The van der Waals surface area contributed by atoms with Crippen LogP contribution < -0.4 is 14.8 Å². The van der Waals surface area contributed by atoms with Crippen LogP contribution in [0, 0.1) is 0 Å². The van der Waals surface area contributed by atoms with E-state index < -0.39 is 0 Å². The molecular formula is C18H20N6O3. The fraction of sp³-hybridized carbons (Fsp3) is 0.278. The van der Waals surface area contributed by atoms with Crippen molar-refractivity contribution in [2.24, 2.45) is 7.05 Å². The Bertz CT molecular complexity index is 916. The second-order valence-electron chi connectivity index (χ2n) is 5.80. The molecule has 0 unspecified atom stereocenters. The van der Waals surface area contributed by atoms with E-state index in [2.05, 4.69) is 25.4 Å². The minimum atomic E-state index is -0.264. The van der Waals surface area contributed by atoms with Crippen molar-refractivity contribution < 1.29 is 14.3 Å². The number of rotatable bonds is 6. The summed E-state index contributed by atoms with van der Waals surface area (Å²) in [6.45, 7) is 1.86. The molecule has 3 rings (SSSR count). The van der Waals surface area contributed by atoms with Gasteiger partial charge in [0, 0.05) is 24.2 Å². The van der Waals surface area contributed by atoms with E-state index in [-0.39, 0.29) is 18.0 Å². The summed E-state index contributed by atoms with van der Waals surface area (Å²) in [6, 6.07) is 8.73. The lowest BCUT2D eigenvalue weighted by atomic mass is 10.1. The van der Waals surface area contributed by atoms with Gasteiger partial charge in [0.25, 0.3) is 5.91 Å². The molecule has 0 spiro atoms. The van der Waals surface area contributed by atoms with E-state index in [4.69, 9.17) is 9.47 Å². The number of nitrogens with zero attached hydrogens (tertiary/aromatic N) is 5. The summed E-state index contributed by atoms with van der Waals surface area (Å²) in [5, 5.41) is 6.92. The molecule has 0 radical (unpaired) electrons. The standard InChI is InChI=1S/C18H20N6O3/c1-11(16-19-10-20-24(16)2)21-17(25)13-7-5-12(6-8-13)14-9-15(26-3)23-18(22-14)27-4/h5-11H,1-4H3,(H,21,25)/t11-/m1/s1. The molecule has 2 heterocycles. The molecule has 3 aromatic rings. The van der Waals surface area contributed by atoms with Gasteiger partial charge in [-0.1, -0.05) is 12.1 Å². The van der Waals surface area contributed by atoms with Crippen molar-refractivity contribution in [3.05, 3.63) is 48.0 Å². The average molecular weight is 368 g/mol. The number of aromatic nitrogens is 5. The van der Waals surface area contributed by atoms with Crippen LogP contribution in [0.15, 0.2) is 36.7 Å². The topological polar surface area (TPSA) is 104 Å². The highest BCUT2D eigenvalue weighted by molar-refractivity contribution is 5.94. The smallest absolute Gasteiger partial charge is 0.320 e. The SMILES string of the molecule is COc1cc(-c2ccc(C(=O)N[C@H](C)c3ncnn3C)cc2)nc(OC)n1. The Kier molecular flexibility index (Phi) is 5.30. The monoisotopic (exact) mass is 368 g/mol. The van der Waals surface area contributed by atoms with Gasteiger partial charge in [-0.05, 0) is 19.1 Å². The van der Waals surface area contributed by atoms with Crippen LogP contribution in [-0.4, -0.2) is 44.9 Å². The third kappa shape index (κ3) is 4.02. The van der Waals surface area contributed by atoms with Gasteiger partial charge in [0.2, 0.25) is 5.88 Å². The van der Waals surface area contributed by atoms with Crippen LogP contribution in [0.1, 0.15) is 29.1 Å². The van der Waals surface area contributed by atoms with Gasteiger partial charge in [-0.2, -0.15) is 15.1 Å². The highest BCUT2D eigenvalue weighted by Crippen LogP contribution is 2.23. The van der Waals surface area contributed by atoms with E-state index in [1.54, 1.807) is 29.9 Å². The quantitative estimate of drug-likeness (QED) is 0.707. The molecule has 1 aromatic carbocycles. The zero-order chi connectivity index (χ0) is 19.4. The maximum absolute atomic E-state index is 12.5. The molecular weight excluding hydrogens is 348 g/mol. The third-order valence-corrected chi connectivity index (χ3v) is 4.00. The van der Waals surface area contributed by atoms with Gasteiger partial charge in [-0.25, -0.2) is 4.98 Å². The lowest BCUT2D eigenvalue weighted by Gasteiger charge is -2.13. The van der Waals surface area contributed by atoms with Crippen LogP contribution in [0.25, 0.3) is 11.3 Å². The molecule has 0 fully saturated rings. The average Bonchev–Trinajstić information content (AvgIpc) is 3.13. The number of methoxy groups -OCH3 is 2. The summed E-state index contributed by atoms with van der Waals surface area (Å²) in [7, 11) is 4.80. The molecule has 0 bridgehead atoms. The second kappa shape index (κ2) is 7.81. The molecule has 0 aliphatic heterocycles. The number of nitrogens with one attached hydrogen (secondary N) is 1. The van der Waals surface area contributed by atoms with E-state index in [1.165, 1.54) is 20.5 Å². The number of aryl methyl sites for hydroxylation is 1. The van der Waals surface area contributed by atoms with Crippen molar-refractivity contribution in [2.45, 2.75) is 13.0 Å². The van der Waals surface area contributed by atoms with Crippen molar-refractivity contribution in [1.29, 1.82) is 0 Å². The summed E-state index contributed by atoms with van der Waals surface area (Å²) in [6.07, 6.45) is 1.46. The largest absolute Gasteiger partial charge is 0.481 e. The first-order valence-electron chi connectivity index (χ1n) is 8.24. The maximum atomic E-state index is 12.5. The van der Waals surface area contributed by atoms with Gasteiger partial charge in [0.15, 0.2) is 0 Å².